The van der Waals surface area contributed by atoms with Gasteiger partial charge in [0, 0.05) is 25.6 Å². The Balaban J connectivity index is 1.68. The number of hydrogen-bond acceptors (Lipinski definition) is 3. The van der Waals surface area contributed by atoms with Crippen LogP contribution in [0.1, 0.15) is 50.6 Å². The molecule has 2 fully saturated rings. The molecule has 3 rings (SSSR count). The molecule has 1 atom stereocenters. The van der Waals surface area contributed by atoms with Gasteiger partial charge in [-0.3, -0.25) is 14.5 Å². The fraction of sp³-hybridized carbons (Fsp3) is 0.619. The van der Waals surface area contributed by atoms with Crippen LogP contribution in [-0.4, -0.2) is 54.3 Å². The van der Waals surface area contributed by atoms with Crippen LogP contribution in [0.4, 0.5) is 0 Å². The minimum atomic E-state index is -0.214. The van der Waals surface area contributed by atoms with Gasteiger partial charge in [0.2, 0.25) is 11.8 Å². The first-order valence-electron chi connectivity index (χ1n) is 10.1. The van der Waals surface area contributed by atoms with E-state index >= 15 is 0 Å². The Morgan fingerprint density at radius 3 is 2.35 bits per heavy atom. The van der Waals surface area contributed by atoms with E-state index < -0.39 is 0 Å². The number of rotatable bonds is 6. The Morgan fingerprint density at radius 1 is 1.08 bits per heavy atom. The molecule has 1 aromatic carbocycles. The van der Waals surface area contributed by atoms with Crippen LogP contribution in [0.2, 0.25) is 0 Å². The van der Waals surface area contributed by atoms with Gasteiger partial charge in [-0.2, -0.15) is 0 Å². The fourth-order valence-electron chi connectivity index (χ4n) is 4.07. The maximum absolute atomic E-state index is 13.2. The summed E-state index contributed by atoms with van der Waals surface area (Å²) in [6.45, 7) is 6.15. The van der Waals surface area contributed by atoms with Crippen molar-refractivity contribution in [1.29, 1.82) is 0 Å². The molecule has 0 spiro atoms. The van der Waals surface area contributed by atoms with E-state index in [9.17, 15) is 9.59 Å². The summed E-state index contributed by atoms with van der Waals surface area (Å²) in [4.78, 5) is 29.7. The molecule has 2 amide bonds. The number of hydrogen-bond donors (Lipinski definition) is 1. The first-order chi connectivity index (χ1) is 12.7. The molecule has 26 heavy (non-hydrogen) atoms. The predicted octanol–water partition coefficient (Wildman–Crippen LogP) is 2.59. The van der Waals surface area contributed by atoms with Crippen LogP contribution < -0.4 is 5.32 Å². The van der Waals surface area contributed by atoms with Gasteiger partial charge in [-0.05, 0) is 50.8 Å². The van der Waals surface area contributed by atoms with Gasteiger partial charge in [-0.25, -0.2) is 0 Å². The van der Waals surface area contributed by atoms with E-state index in [0.29, 0.717) is 0 Å². The number of piperidine rings is 1. The van der Waals surface area contributed by atoms with E-state index in [-0.39, 0.29) is 23.8 Å². The maximum Gasteiger partial charge on any atom is 0.244 e. The molecule has 1 N–H and O–H groups in total. The summed E-state index contributed by atoms with van der Waals surface area (Å²) in [5.74, 6) is 0.479. The molecular formula is C21H31N3O2. The van der Waals surface area contributed by atoms with Crippen LogP contribution >= 0.6 is 0 Å². The zero-order valence-corrected chi connectivity index (χ0v) is 15.8. The minimum absolute atomic E-state index is 0.0797. The van der Waals surface area contributed by atoms with Gasteiger partial charge in [0.1, 0.15) is 6.04 Å². The summed E-state index contributed by atoms with van der Waals surface area (Å²) in [6.07, 6.45) is 4.82. The molecule has 0 saturated carbocycles. The molecule has 0 bridgehead atoms. The Morgan fingerprint density at radius 2 is 1.73 bits per heavy atom. The van der Waals surface area contributed by atoms with Crippen molar-refractivity contribution in [3.63, 3.8) is 0 Å². The third kappa shape index (κ3) is 4.44. The third-order valence-corrected chi connectivity index (χ3v) is 5.58. The van der Waals surface area contributed by atoms with Crippen molar-refractivity contribution in [1.82, 2.24) is 15.1 Å². The van der Waals surface area contributed by atoms with E-state index in [4.69, 9.17) is 0 Å². The number of nitrogens with one attached hydrogen (secondary N) is 1. The van der Waals surface area contributed by atoms with Crippen molar-refractivity contribution in [2.24, 2.45) is 5.92 Å². The average Bonchev–Trinajstić information content (AvgIpc) is 3.22. The second-order valence-electron chi connectivity index (χ2n) is 7.45. The predicted molar refractivity (Wildman–Crippen MR) is 103 cm³/mol. The van der Waals surface area contributed by atoms with Gasteiger partial charge < -0.3 is 10.2 Å². The number of benzene rings is 1. The third-order valence-electron chi connectivity index (χ3n) is 5.58. The van der Waals surface area contributed by atoms with Crippen LogP contribution in [-0.2, 0) is 9.59 Å². The summed E-state index contributed by atoms with van der Waals surface area (Å²) < 4.78 is 0. The van der Waals surface area contributed by atoms with Gasteiger partial charge in [-0.1, -0.05) is 37.3 Å². The number of amides is 2. The highest BCUT2D eigenvalue weighted by Crippen LogP contribution is 2.29. The van der Waals surface area contributed by atoms with Crippen molar-refractivity contribution in [2.45, 2.75) is 45.1 Å². The van der Waals surface area contributed by atoms with E-state index in [1.165, 1.54) is 0 Å². The first-order valence-corrected chi connectivity index (χ1v) is 10.1. The zero-order valence-electron chi connectivity index (χ0n) is 15.8. The minimum Gasteiger partial charge on any atom is -0.356 e. The lowest BCUT2D eigenvalue weighted by molar-refractivity contribution is -0.137. The van der Waals surface area contributed by atoms with Crippen molar-refractivity contribution in [3.8, 4) is 0 Å². The highest BCUT2D eigenvalue weighted by Gasteiger charge is 2.35. The standard InChI is InChI=1S/C21H31N3O2/c1-2-12-22-20(25)18-10-15-23(16-11-18)19(17-8-4-3-5-9-17)21(26)24-13-6-7-14-24/h3-5,8-9,18-19H,2,6-7,10-16H2,1H3,(H,22,25). The second kappa shape index (κ2) is 9.17. The second-order valence-corrected chi connectivity index (χ2v) is 7.45. The molecule has 2 heterocycles. The lowest BCUT2D eigenvalue weighted by Gasteiger charge is -2.38. The van der Waals surface area contributed by atoms with E-state index in [1.54, 1.807) is 0 Å². The molecule has 1 unspecified atom stereocenters. The maximum atomic E-state index is 13.2. The molecular weight excluding hydrogens is 326 g/mol. The molecule has 142 valence electrons. The largest absolute Gasteiger partial charge is 0.356 e. The number of carbonyl (C=O) groups excluding carboxylic acids is 2. The highest BCUT2D eigenvalue weighted by molar-refractivity contribution is 5.83. The van der Waals surface area contributed by atoms with Gasteiger partial charge in [0.05, 0.1) is 0 Å². The van der Waals surface area contributed by atoms with Crippen molar-refractivity contribution in [3.05, 3.63) is 35.9 Å². The monoisotopic (exact) mass is 357 g/mol. The Bertz CT molecular complexity index is 591. The summed E-state index contributed by atoms with van der Waals surface area (Å²) in [6, 6.07) is 9.89. The molecule has 0 aliphatic carbocycles. The first kappa shape index (κ1) is 18.9. The van der Waals surface area contributed by atoms with Crippen LogP contribution in [0.15, 0.2) is 30.3 Å². The molecule has 1 aromatic rings. The molecule has 0 radical (unpaired) electrons. The highest BCUT2D eigenvalue weighted by atomic mass is 16.2. The zero-order chi connectivity index (χ0) is 18.4. The summed E-state index contributed by atoms with van der Waals surface area (Å²) >= 11 is 0. The lowest BCUT2D eigenvalue weighted by atomic mass is 9.93. The normalized spacial score (nSPS) is 20.1. The number of nitrogens with zero attached hydrogens (tertiary/aromatic N) is 2. The summed E-state index contributed by atoms with van der Waals surface area (Å²) in [5.41, 5.74) is 1.07. The molecule has 5 nitrogen and oxygen atoms in total. The van der Waals surface area contributed by atoms with Gasteiger partial charge in [0.25, 0.3) is 0 Å². The van der Waals surface area contributed by atoms with Crippen LogP contribution in [0.25, 0.3) is 0 Å². The van der Waals surface area contributed by atoms with Crippen LogP contribution in [0.5, 0.6) is 0 Å². The molecule has 2 aliphatic heterocycles. The average molecular weight is 357 g/mol. The van der Waals surface area contributed by atoms with E-state index in [2.05, 4.69) is 29.3 Å². The molecule has 2 aliphatic rings. The SMILES string of the molecule is CCCNC(=O)C1CCN(C(C(=O)N2CCCC2)c2ccccc2)CC1. The Hall–Kier alpha value is -1.88. The van der Waals surface area contributed by atoms with Crippen LogP contribution in [0.3, 0.4) is 0 Å². The van der Waals surface area contributed by atoms with Crippen molar-refractivity contribution >= 4 is 11.8 Å². The van der Waals surface area contributed by atoms with Crippen LogP contribution in [0, 0.1) is 5.92 Å². The number of carbonyl (C=O) groups is 2. The smallest absolute Gasteiger partial charge is 0.244 e. The Labute approximate surface area is 156 Å². The molecule has 0 aromatic heterocycles. The van der Waals surface area contributed by atoms with Gasteiger partial charge in [-0.15, -0.1) is 0 Å². The van der Waals surface area contributed by atoms with Crippen molar-refractivity contribution < 1.29 is 9.59 Å². The Kier molecular flexibility index (Phi) is 6.67. The number of likely N-dealkylation sites (tertiary alicyclic amines) is 2. The topological polar surface area (TPSA) is 52.7 Å². The van der Waals surface area contributed by atoms with Crippen molar-refractivity contribution in [2.75, 3.05) is 32.7 Å². The van der Waals surface area contributed by atoms with E-state index in [0.717, 1.165) is 70.4 Å². The summed E-state index contributed by atoms with van der Waals surface area (Å²) in [7, 11) is 0. The molecule has 5 heteroatoms. The summed E-state index contributed by atoms with van der Waals surface area (Å²) in [5, 5.41) is 3.01. The fourth-order valence-corrected chi connectivity index (χ4v) is 4.07. The lowest BCUT2D eigenvalue weighted by Crippen LogP contribution is -2.47. The van der Waals surface area contributed by atoms with E-state index in [1.807, 2.05) is 23.1 Å². The molecule has 2 saturated heterocycles. The van der Waals surface area contributed by atoms with Gasteiger partial charge >= 0.3 is 0 Å². The quantitative estimate of drug-likeness (QED) is 0.851. The van der Waals surface area contributed by atoms with Gasteiger partial charge in [0.15, 0.2) is 0 Å².